The smallest absolute Gasteiger partial charge is 0.303 e. The summed E-state index contributed by atoms with van der Waals surface area (Å²) in [6.45, 7) is 5.51. The number of nitrogens with zero attached hydrogens (tertiary/aromatic N) is 1. The number of hydrogen-bond donors (Lipinski definition) is 6. The fourth-order valence-corrected chi connectivity index (χ4v) is 4.98. The number of amidine groups is 1. The Kier molecular flexibility index (Phi) is 12.4. The highest BCUT2D eigenvalue weighted by Crippen LogP contribution is 2.43. The van der Waals surface area contributed by atoms with Gasteiger partial charge in [0, 0.05) is 43.2 Å². The van der Waals surface area contributed by atoms with Crippen LogP contribution in [0.1, 0.15) is 55.6 Å². The van der Waals surface area contributed by atoms with Gasteiger partial charge in [0.1, 0.15) is 17.9 Å². The van der Waals surface area contributed by atoms with Gasteiger partial charge in [0.2, 0.25) is 5.91 Å². The first kappa shape index (κ1) is 34.8. The molecule has 11 heteroatoms. The zero-order chi connectivity index (χ0) is 33.8. The first-order valence-electron chi connectivity index (χ1n) is 14.7. The molecular weight excluding hydrogens is 584 g/mol. The second kappa shape index (κ2) is 16.4. The van der Waals surface area contributed by atoms with Gasteiger partial charge in [-0.1, -0.05) is 60.7 Å². The lowest BCUT2D eigenvalue weighted by molar-refractivity contribution is -0.137. The molecule has 0 spiro atoms. The number of nitrogen functional groups attached to an aromatic ring is 1. The van der Waals surface area contributed by atoms with Crippen LogP contribution in [0.25, 0.3) is 22.4 Å². The largest absolute Gasteiger partial charge is 0.481 e. The molecule has 0 aliphatic carbocycles. The standard InChI is InChI=1S/C28H29N5O.C7H11NO4/c1-18(2)33-25(20-12-8-5-9-13-20)23(19-10-6-4-7-11-19)24(27(33)31-3)28(34)32-22-16-14-21(15-17-22)26(29)30;1-5(10)8-6(4-9)2-3-7(11)12/h4-18,31H,1-3H3,(H3,29,30)(H,32,34);4,6H,2-3H2,1H3,(H,8,10)(H,11,12). The predicted octanol–water partition coefficient (Wildman–Crippen LogP) is 5.54. The number of carbonyl (C=O) groups is 4. The van der Waals surface area contributed by atoms with E-state index in [0.29, 0.717) is 23.1 Å². The van der Waals surface area contributed by atoms with Crippen LogP contribution in [-0.2, 0) is 14.4 Å². The molecule has 11 nitrogen and oxygen atoms in total. The SMILES string of the molecule is CC(=O)NC(C=O)CCC(=O)O.CNc1c(C(=O)Nc2ccc(C(=N)N)cc2)c(-c2ccccc2)c(-c2ccccc2)n1C(C)C. The van der Waals surface area contributed by atoms with Crippen LogP contribution in [-0.4, -0.2) is 52.7 Å². The Morgan fingerprint density at radius 1 is 0.935 bits per heavy atom. The number of aromatic nitrogens is 1. The van der Waals surface area contributed by atoms with Gasteiger partial charge in [-0.2, -0.15) is 0 Å². The molecule has 240 valence electrons. The fourth-order valence-electron chi connectivity index (χ4n) is 4.98. The minimum atomic E-state index is -0.979. The molecule has 1 heterocycles. The number of carbonyl (C=O) groups excluding carboxylic acids is 3. The van der Waals surface area contributed by atoms with Crippen molar-refractivity contribution in [3.63, 3.8) is 0 Å². The zero-order valence-electron chi connectivity index (χ0n) is 26.3. The molecule has 0 fully saturated rings. The molecule has 0 radical (unpaired) electrons. The minimum absolute atomic E-state index is 0.0109. The Balaban J connectivity index is 0.000000409. The first-order valence-corrected chi connectivity index (χ1v) is 14.7. The van der Waals surface area contributed by atoms with E-state index in [4.69, 9.17) is 16.2 Å². The number of nitrogens with one attached hydrogen (secondary N) is 4. The molecule has 2 amide bonds. The molecule has 0 aliphatic rings. The van der Waals surface area contributed by atoms with Crippen LogP contribution in [0, 0.1) is 5.41 Å². The zero-order valence-corrected chi connectivity index (χ0v) is 26.3. The number of nitrogens with two attached hydrogens (primary N) is 1. The number of benzene rings is 3. The van der Waals surface area contributed by atoms with Crippen LogP contribution < -0.4 is 21.7 Å². The van der Waals surface area contributed by atoms with Gasteiger partial charge in [-0.25, -0.2) is 0 Å². The van der Waals surface area contributed by atoms with Crippen molar-refractivity contribution >= 4 is 41.4 Å². The average molecular weight is 625 g/mol. The van der Waals surface area contributed by atoms with Crippen LogP contribution in [0.4, 0.5) is 11.5 Å². The van der Waals surface area contributed by atoms with Gasteiger partial charge in [0.25, 0.3) is 5.91 Å². The molecular formula is C35H40N6O5. The summed E-state index contributed by atoms with van der Waals surface area (Å²) in [5.41, 5.74) is 11.3. The third-order valence-electron chi connectivity index (χ3n) is 6.97. The number of aliphatic carboxylic acids is 1. The van der Waals surface area contributed by atoms with Gasteiger partial charge in [-0.05, 0) is 55.7 Å². The average Bonchev–Trinajstić information content (AvgIpc) is 3.40. The van der Waals surface area contributed by atoms with E-state index in [9.17, 15) is 19.2 Å². The summed E-state index contributed by atoms with van der Waals surface area (Å²) in [5.74, 6) is -0.783. The third-order valence-corrected chi connectivity index (χ3v) is 6.97. The summed E-state index contributed by atoms with van der Waals surface area (Å²) >= 11 is 0. The molecule has 1 aromatic heterocycles. The summed E-state index contributed by atoms with van der Waals surface area (Å²) in [7, 11) is 1.84. The number of carboxylic acid groups (broad SMARTS) is 1. The molecule has 0 saturated carbocycles. The lowest BCUT2D eigenvalue weighted by Gasteiger charge is -2.18. The van der Waals surface area contributed by atoms with Crippen molar-refractivity contribution in [3.05, 3.63) is 96.1 Å². The number of hydrogen-bond acceptors (Lipinski definition) is 6. The molecule has 4 aromatic rings. The van der Waals surface area contributed by atoms with Crippen LogP contribution in [0.3, 0.4) is 0 Å². The maximum atomic E-state index is 13.8. The summed E-state index contributed by atoms with van der Waals surface area (Å²) in [4.78, 5) is 44.6. The van der Waals surface area contributed by atoms with Crippen LogP contribution in [0.15, 0.2) is 84.9 Å². The van der Waals surface area contributed by atoms with Crippen molar-refractivity contribution < 1.29 is 24.3 Å². The number of rotatable bonds is 12. The fraction of sp³-hybridized carbons (Fsp3) is 0.229. The third kappa shape index (κ3) is 8.91. The van der Waals surface area contributed by atoms with Gasteiger partial charge in [0.15, 0.2) is 0 Å². The maximum Gasteiger partial charge on any atom is 0.303 e. The lowest BCUT2D eigenvalue weighted by Crippen LogP contribution is -2.34. The molecule has 0 saturated heterocycles. The second-order valence-corrected chi connectivity index (χ2v) is 10.7. The summed E-state index contributed by atoms with van der Waals surface area (Å²) in [6, 6.07) is 26.6. The van der Waals surface area contributed by atoms with E-state index in [1.165, 1.54) is 6.92 Å². The van der Waals surface area contributed by atoms with Crippen LogP contribution >= 0.6 is 0 Å². The van der Waals surface area contributed by atoms with Gasteiger partial charge >= 0.3 is 5.97 Å². The molecule has 0 aliphatic heterocycles. The monoisotopic (exact) mass is 624 g/mol. The second-order valence-electron chi connectivity index (χ2n) is 10.7. The summed E-state index contributed by atoms with van der Waals surface area (Å²) in [6.07, 6.45) is 0.548. The van der Waals surface area contributed by atoms with Crippen molar-refractivity contribution in [3.8, 4) is 22.4 Å². The van der Waals surface area contributed by atoms with Crippen molar-refractivity contribution in [1.29, 1.82) is 5.41 Å². The highest BCUT2D eigenvalue weighted by atomic mass is 16.4. The summed E-state index contributed by atoms with van der Waals surface area (Å²) in [5, 5.41) is 24.5. The minimum Gasteiger partial charge on any atom is -0.481 e. The Morgan fingerprint density at radius 2 is 1.50 bits per heavy atom. The van der Waals surface area contributed by atoms with Gasteiger partial charge in [0.05, 0.1) is 17.3 Å². The quantitative estimate of drug-likeness (QED) is 0.0680. The number of aldehydes is 1. The molecule has 46 heavy (non-hydrogen) atoms. The first-order chi connectivity index (χ1) is 22.0. The van der Waals surface area contributed by atoms with Crippen molar-refractivity contribution in [2.75, 3.05) is 17.7 Å². The van der Waals surface area contributed by atoms with Crippen LogP contribution in [0.5, 0.6) is 0 Å². The molecule has 4 rings (SSSR count). The topological polar surface area (TPSA) is 179 Å². The van der Waals surface area contributed by atoms with E-state index in [-0.39, 0.29) is 36.5 Å². The Hall–Kier alpha value is -5.71. The lowest BCUT2D eigenvalue weighted by atomic mass is 9.97. The van der Waals surface area contributed by atoms with Crippen LogP contribution in [0.2, 0.25) is 0 Å². The van der Waals surface area contributed by atoms with Gasteiger partial charge in [-0.15, -0.1) is 0 Å². The Labute approximate surface area is 268 Å². The van der Waals surface area contributed by atoms with Gasteiger partial charge < -0.3 is 36.2 Å². The van der Waals surface area contributed by atoms with E-state index >= 15 is 0 Å². The number of anilines is 2. The van der Waals surface area contributed by atoms with E-state index in [1.54, 1.807) is 24.3 Å². The van der Waals surface area contributed by atoms with Crippen molar-refractivity contribution in [2.45, 2.75) is 45.7 Å². The number of carboxylic acids is 1. The molecule has 3 aromatic carbocycles. The number of amides is 2. The van der Waals surface area contributed by atoms with E-state index in [0.717, 1.165) is 28.2 Å². The predicted molar refractivity (Wildman–Crippen MR) is 181 cm³/mol. The van der Waals surface area contributed by atoms with E-state index in [2.05, 4.69) is 46.5 Å². The highest BCUT2D eigenvalue weighted by molar-refractivity contribution is 6.15. The molecule has 7 N–H and O–H groups in total. The van der Waals surface area contributed by atoms with E-state index in [1.807, 2.05) is 55.6 Å². The maximum absolute atomic E-state index is 13.8. The van der Waals surface area contributed by atoms with E-state index < -0.39 is 12.0 Å². The highest BCUT2D eigenvalue weighted by Gasteiger charge is 2.29. The molecule has 1 unspecified atom stereocenters. The van der Waals surface area contributed by atoms with Gasteiger partial charge in [-0.3, -0.25) is 19.8 Å². The van der Waals surface area contributed by atoms with Crippen molar-refractivity contribution in [1.82, 2.24) is 9.88 Å². The normalized spacial score (nSPS) is 11.1. The Morgan fingerprint density at radius 3 is 1.96 bits per heavy atom. The Bertz CT molecular complexity index is 1670. The summed E-state index contributed by atoms with van der Waals surface area (Å²) < 4.78 is 2.19. The molecule has 0 bridgehead atoms. The van der Waals surface area contributed by atoms with Crippen molar-refractivity contribution in [2.24, 2.45) is 5.73 Å². The molecule has 1 atom stereocenters.